The van der Waals surface area contributed by atoms with Crippen LogP contribution in [0.1, 0.15) is 5.69 Å². The van der Waals surface area contributed by atoms with Crippen molar-refractivity contribution in [2.75, 3.05) is 7.11 Å². The van der Waals surface area contributed by atoms with Crippen molar-refractivity contribution in [3.05, 3.63) is 52.2 Å². The van der Waals surface area contributed by atoms with Crippen LogP contribution in [0.15, 0.2) is 36.4 Å². The van der Waals surface area contributed by atoms with Crippen LogP contribution in [0.3, 0.4) is 0 Å². The molecule has 1 heterocycles. The molecule has 6 nitrogen and oxygen atoms in total. The Hall–Kier alpha value is -2.63. The molecular formula is C13H12N2O4. The average molecular weight is 260 g/mol. The third-order valence-electron chi connectivity index (χ3n) is 2.51. The minimum atomic E-state index is -0.473. The summed E-state index contributed by atoms with van der Waals surface area (Å²) < 4.78 is 10.5. The van der Waals surface area contributed by atoms with E-state index in [1.807, 2.05) is 0 Å². The molecule has 98 valence electrons. The fourth-order valence-corrected chi connectivity index (χ4v) is 1.54. The maximum absolute atomic E-state index is 10.7. The molecule has 0 radical (unpaired) electrons. The molecule has 19 heavy (non-hydrogen) atoms. The summed E-state index contributed by atoms with van der Waals surface area (Å²) in [5.74, 6) is 1.62. The Balaban J connectivity index is 2.18. The molecule has 1 aromatic heterocycles. The van der Waals surface area contributed by atoms with Crippen LogP contribution in [0.5, 0.6) is 17.4 Å². The largest absolute Gasteiger partial charge is 0.497 e. The van der Waals surface area contributed by atoms with Crippen LogP contribution in [0.25, 0.3) is 0 Å². The van der Waals surface area contributed by atoms with E-state index < -0.39 is 4.92 Å². The first-order valence-corrected chi connectivity index (χ1v) is 5.54. The van der Waals surface area contributed by atoms with E-state index in [1.54, 1.807) is 38.3 Å². The van der Waals surface area contributed by atoms with Crippen LogP contribution < -0.4 is 9.47 Å². The summed E-state index contributed by atoms with van der Waals surface area (Å²) in [5.41, 5.74) is 0.290. The summed E-state index contributed by atoms with van der Waals surface area (Å²) in [7, 11) is 1.58. The van der Waals surface area contributed by atoms with Gasteiger partial charge in [-0.25, -0.2) is 4.98 Å². The lowest BCUT2D eigenvalue weighted by Crippen LogP contribution is -1.96. The Bertz CT molecular complexity index is 596. The molecule has 0 bridgehead atoms. The molecular weight excluding hydrogens is 248 g/mol. The van der Waals surface area contributed by atoms with Crippen molar-refractivity contribution in [3.8, 4) is 17.4 Å². The highest BCUT2D eigenvalue weighted by Crippen LogP contribution is 2.25. The third-order valence-corrected chi connectivity index (χ3v) is 2.51. The monoisotopic (exact) mass is 260 g/mol. The fraction of sp³-hybridized carbons (Fsp3) is 0.154. The minimum Gasteiger partial charge on any atom is -0.497 e. The van der Waals surface area contributed by atoms with Crippen molar-refractivity contribution < 1.29 is 14.4 Å². The van der Waals surface area contributed by atoms with Gasteiger partial charge in [0.05, 0.1) is 12.0 Å². The van der Waals surface area contributed by atoms with E-state index in [4.69, 9.17) is 9.47 Å². The Morgan fingerprint density at radius 2 is 1.74 bits per heavy atom. The van der Waals surface area contributed by atoms with Crippen molar-refractivity contribution >= 4 is 5.69 Å². The third kappa shape index (κ3) is 2.98. The molecule has 0 unspecified atom stereocenters. The number of rotatable bonds is 4. The van der Waals surface area contributed by atoms with Gasteiger partial charge < -0.3 is 9.47 Å². The van der Waals surface area contributed by atoms with E-state index in [0.717, 1.165) is 5.75 Å². The summed E-state index contributed by atoms with van der Waals surface area (Å²) in [6.45, 7) is 1.57. The molecule has 0 N–H and O–H groups in total. The summed E-state index contributed by atoms with van der Waals surface area (Å²) in [5, 5.41) is 10.7. The smallest absolute Gasteiger partial charge is 0.290 e. The van der Waals surface area contributed by atoms with Gasteiger partial charge in [-0.2, -0.15) is 0 Å². The molecule has 2 rings (SSSR count). The molecule has 1 aromatic carbocycles. The van der Waals surface area contributed by atoms with Crippen molar-refractivity contribution in [2.45, 2.75) is 6.92 Å². The molecule has 0 spiro atoms. The molecule has 6 heteroatoms. The van der Waals surface area contributed by atoms with Gasteiger partial charge in [-0.3, -0.25) is 10.1 Å². The normalized spacial score (nSPS) is 10.0. The van der Waals surface area contributed by atoms with Gasteiger partial charge in [0.2, 0.25) is 5.88 Å². The first kappa shape index (κ1) is 12.8. The zero-order valence-electron chi connectivity index (χ0n) is 10.5. The number of methoxy groups -OCH3 is 1. The number of aromatic nitrogens is 1. The highest BCUT2D eigenvalue weighted by molar-refractivity contribution is 5.39. The predicted molar refractivity (Wildman–Crippen MR) is 68.7 cm³/mol. The van der Waals surface area contributed by atoms with Crippen LogP contribution >= 0.6 is 0 Å². The van der Waals surface area contributed by atoms with Gasteiger partial charge in [-0.1, -0.05) is 0 Å². The van der Waals surface area contributed by atoms with E-state index in [9.17, 15) is 10.1 Å². The Labute approximate surface area is 109 Å². The van der Waals surface area contributed by atoms with Crippen LogP contribution in [0.2, 0.25) is 0 Å². The van der Waals surface area contributed by atoms with Gasteiger partial charge >= 0.3 is 0 Å². The van der Waals surface area contributed by atoms with Crippen LogP contribution in [0.4, 0.5) is 5.69 Å². The first-order valence-electron chi connectivity index (χ1n) is 5.54. The van der Waals surface area contributed by atoms with Gasteiger partial charge in [0.15, 0.2) is 0 Å². The summed E-state index contributed by atoms with van der Waals surface area (Å²) in [4.78, 5) is 14.2. The van der Waals surface area contributed by atoms with Gasteiger partial charge in [0.1, 0.15) is 17.2 Å². The molecule has 0 aliphatic heterocycles. The maximum atomic E-state index is 10.7. The predicted octanol–water partition coefficient (Wildman–Crippen LogP) is 3.10. The van der Waals surface area contributed by atoms with Crippen molar-refractivity contribution in [2.24, 2.45) is 0 Å². The maximum Gasteiger partial charge on any atom is 0.290 e. The zero-order valence-corrected chi connectivity index (χ0v) is 10.5. The van der Waals surface area contributed by atoms with Crippen LogP contribution in [-0.4, -0.2) is 17.0 Å². The van der Waals surface area contributed by atoms with Gasteiger partial charge in [-0.05, 0) is 31.2 Å². The van der Waals surface area contributed by atoms with Crippen molar-refractivity contribution in [1.29, 1.82) is 0 Å². The number of ether oxygens (including phenoxy) is 2. The van der Waals surface area contributed by atoms with Crippen LogP contribution in [0, 0.1) is 17.0 Å². The van der Waals surface area contributed by atoms with Gasteiger partial charge in [-0.15, -0.1) is 0 Å². The highest BCUT2D eigenvalue weighted by atomic mass is 16.6. The zero-order chi connectivity index (χ0) is 13.8. The lowest BCUT2D eigenvalue weighted by molar-refractivity contribution is -0.385. The quantitative estimate of drug-likeness (QED) is 0.623. The second-order valence-electron chi connectivity index (χ2n) is 3.79. The molecule has 2 aromatic rings. The standard InChI is InChI=1S/C13H12N2O4/c1-9-12(15(16)17)7-8-13(14-9)19-11-5-3-10(18-2)4-6-11/h3-8H,1-2H3. The van der Waals surface area contributed by atoms with Gasteiger partial charge in [0.25, 0.3) is 5.69 Å². The number of nitro groups is 1. The molecule has 0 saturated heterocycles. The number of hydrogen-bond donors (Lipinski definition) is 0. The first-order chi connectivity index (χ1) is 9.10. The van der Waals surface area contributed by atoms with E-state index in [2.05, 4.69) is 4.98 Å². The Morgan fingerprint density at radius 1 is 1.11 bits per heavy atom. The lowest BCUT2D eigenvalue weighted by Gasteiger charge is -2.06. The fourth-order valence-electron chi connectivity index (χ4n) is 1.54. The molecule has 0 aliphatic rings. The van der Waals surface area contributed by atoms with E-state index in [0.29, 0.717) is 17.3 Å². The topological polar surface area (TPSA) is 74.5 Å². The number of hydrogen-bond acceptors (Lipinski definition) is 5. The highest BCUT2D eigenvalue weighted by Gasteiger charge is 2.12. The molecule has 0 atom stereocenters. The average Bonchev–Trinajstić information content (AvgIpc) is 2.39. The molecule has 0 saturated carbocycles. The van der Waals surface area contributed by atoms with Crippen LogP contribution in [-0.2, 0) is 0 Å². The minimum absolute atomic E-state index is 0.0259. The van der Waals surface area contributed by atoms with Gasteiger partial charge in [0, 0.05) is 12.1 Å². The number of aryl methyl sites for hydroxylation is 1. The number of pyridine rings is 1. The van der Waals surface area contributed by atoms with E-state index in [1.165, 1.54) is 12.1 Å². The lowest BCUT2D eigenvalue weighted by atomic mass is 10.3. The molecule has 0 aliphatic carbocycles. The Morgan fingerprint density at radius 3 is 2.26 bits per heavy atom. The second-order valence-corrected chi connectivity index (χ2v) is 3.79. The molecule has 0 fully saturated rings. The van der Waals surface area contributed by atoms with Crippen molar-refractivity contribution in [3.63, 3.8) is 0 Å². The second kappa shape index (κ2) is 5.34. The number of benzene rings is 1. The summed E-state index contributed by atoms with van der Waals surface area (Å²) in [6.07, 6.45) is 0. The van der Waals surface area contributed by atoms with Crippen molar-refractivity contribution in [1.82, 2.24) is 4.98 Å². The SMILES string of the molecule is COc1ccc(Oc2ccc([N+](=O)[O-])c(C)n2)cc1. The summed E-state index contributed by atoms with van der Waals surface area (Å²) >= 11 is 0. The Kier molecular flexibility index (Phi) is 3.61. The van der Waals surface area contributed by atoms with E-state index >= 15 is 0 Å². The number of nitrogens with zero attached hydrogens (tertiary/aromatic N) is 2. The summed E-state index contributed by atoms with van der Waals surface area (Å²) in [6, 6.07) is 9.83. The van der Waals surface area contributed by atoms with E-state index in [-0.39, 0.29) is 5.69 Å². The molecule has 0 amide bonds.